The van der Waals surface area contributed by atoms with Crippen molar-refractivity contribution in [2.45, 2.75) is 38.5 Å². The van der Waals surface area contributed by atoms with E-state index in [-0.39, 0.29) is 18.8 Å². The minimum atomic E-state index is -4.76. The number of piperidine rings is 1. The lowest BCUT2D eigenvalue weighted by atomic mass is 10.1. The average molecular weight is 408 g/mol. The highest BCUT2D eigenvalue weighted by Gasteiger charge is 2.39. The van der Waals surface area contributed by atoms with Gasteiger partial charge in [0, 0.05) is 25.2 Å². The number of fused-ring (bicyclic) bond motifs is 1. The Morgan fingerprint density at radius 3 is 2.69 bits per heavy atom. The van der Waals surface area contributed by atoms with Crippen LogP contribution < -0.4 is 15.2 Å². The highest BCUT2D eigenvalue weighted by molar-refractivity contribution is 5.58. The van der Waals surface area contributed by atoms with Crippen molar-refractivity contribution in [3.63, 3.8) is 0 Å². The summed E-state index contributed by atoms with van der Waals surface area (Å²) in [5.41, 5.74) is -0.901. The van der Waals surface area contributed by atoms with Gasteiger partial charge < -0.3 is 9.64 Å². The van der Waals surface area contributed by atoms with Crippen LogP contribution in [0.3, 0.4) is 0 Å². The number of benzene rings is 1. The molecule has 0 atom stereocenters. The Kier molecular flexibility index (Phi) is 5.49. The lowest BCUT2D eigenvalue weighted by Crippen LogP contribution is -2.33. The van der Waals surface area contributed by atoms with E-state index >= 15 is 0 Å². The molecule has 1 saturated heterocycles. The van der Waals surface area contributed by atoms with Crippen LogP contribution >= 0.6 is 0 Å². The summed E-state index contributed by atoms with van der Waals surface area (Å²) in [7, 11) is 0. The monoisotopic (exact) mass is 408 g/mol. The van der Waals surface area contributed by atoms with Crippen molar-refractivity contribution in [3.8, 4) is 5.75 Å². The van der Waals surface area contributed by atoms with E-state index in [0.717, 1.165) is 37.0 Å². The number of likely N-dealkylation sites (tertiary alicyclic amines) is 1. The maximum Gasteiger partial charge on any atom is 0.423 e. The van der Waals surface area contributed by atoms with Crippen molar-refractivity contribution in [3.05, 3.63) is 51.4 Å². The number of rotatable bonds is 5. The fraction of sp³-hybridized carbons (Fsp3) is 0.500. The number of anilines is 1. The molecule has 0 amide bonds. The van der Waals surface area contributed by atoms with E-state index in [4.69, 9.17) is 4.74 Å². The maximum atomic E-state index is 13.4. The minimum absolute atomic E-state index is 0.211. The fourth-order valence-electron chi connectivity index (χ4n) is 4.07. The smallest absolute Gasteiger partial charge is 0.423 e. The molecule has 0 spiro atoms. The van der Waals surface area contributed by atoms with Crippen LogP contribution in [0.2, 0.25) is 0 Å². The number of ether oxygens (including phenoxy) is 1. The van der Waals surface area contributed by atoms with Crippen LogP contribution in [0.15, 0.2) is 29.2 Å². The van der Waals surface area contributed by atoms with Crippen LogP contribution in [0.4, 0.5) is 18.9 Å². The molecule has 2 aliphatic heterocycles. The van der Waals surface area contributed by atoms with Crippen LogP contribution in [-0.4, -0.2) is 41.3 Å². The lowest BCUT2D eigenvalue weighted by molar-refractivity contribution is -0.138. The van der Waals surface area contributed by atoms with Crippen molar-refractivity contribution in [2.75, 3.05) is 31.1 Å². The average Bonchev–Trinajstić information content (AvgIpc) is 3.13. The van der Waals surface area contributed by atoms with Crippen LogP contribution in [0.1, 0.15) is 36.0 Å². The van der Waals surface area contributed by atoms with E-state index < -0.39 is 17.3 Å². The topological polar surface area (TPSA) is 61.5 Å². The number of nitrogens with zero attached hydrogens (tertiary/aromatic N) is 3. The molecule has 29 heavy (non-hydrogen) atoms. The molecule has 1 aromatic carbocycles. The highest BCUT2D eigenvalue weighted by Crippen LogP contribution is 2.39. The van der Waals surface area contributed by atoms with Crippen molar-refractivity contribution < 1.29 is 17.9 Å². The number of hydrogen-bond acceptors (Lipinski definition) is 5. The third kappa shape index (κ3) is 4.24. The Labute approximate surface area is 166 Å². The van der Waals surface area contributed by atoms with Gasteiger partial charge in [0.25, 0.3) is 5.56 Å². The SMILES string of the molecule is O=c1[nH]ncc(N2Cc3cccc(OCCN4CCCCC4)c3C2)c1C(F)(F)F. The Bertz CT molecular complexity index is 923. The van der Waals surface area contributed by atoms with Crippen molar-refractivity contribution in [1.82, 2.24) is 15.1 Å². The first-order valence-electron chi connectivity index (χ1n) is 9.79. The largest absolute Gasteiger partial charge is 0.492 e. The highest BCUT2D eigenvalue weighted by atomic mass is 19.4. The Morgan fingerprint density at radius 1 is 1.14 bits per heavy atom. The Hall–Kier alpha value is -2.55. The molecule has 9 heteroatoms. The summed E-state index contributed by atoms with van der Waals surface area (Å²) in [6.45, 7) is 4.05. The normalized spacial score (nSPS) is 17.4. The number of aromatic amines is 1. The molecular weight excluding hydrogens is 385 g/mol. The Morgan fingerprint density at radius 2 is 1.93 bits per heavy atom. The quantitative estimate of drug-likeness (QED) is 0.824. The zero-order valence-electron chi connectivity index (χ0n) is 16.0. The van der Waals surface area contributed by atoms with Crippen molar-refractivity contribution in [1.29, 1.82) is 0 Å². The zero-order chi connectivity index (χ0) is 20.4. The third-order valence-electron chi connectivity index (χ3n) is 5.51. The molecule has 6 nitrogen and oxygen atoms in total. The van der Waals surface area contributed by atoms with Gasteiger partial charge in [-0.2, -0.15) is 18.3 Å². The maximum absolute atomic E-state index is 13.4. The van der Waals surface area contributed by atoms with E-state index in [1.54, 1.807) is 0 Å². The number of nitrogens with one attached hydrogen (secondary N) is 1. The Balaban J connectivity index is 1.50. The molecular formula is C20H23F3N4O2. The molecule has 0 bridgehead atoms. The van der Waals surface area contributed by atoms with Gasteiger partial charge in [0.15, 0.2) is 0 Å². The summed E-state index contributed by atoms with van der Waals surface area (Å²) in [4.78, 5) is 15.7. The zero-order valence-corrected chi connectivity index (χ0v) is 16.0. The van der Waals surface area contributed by atoms with Gasteiger partial charge in [-0.25, -0.2) is 5.10 Å². The van der Waals surface area contributed by atoms with Gasteiger partial charge in [-0.05, 0) is 37.6 Å². The number of halogens is 3. The molecule has 4 rings (SSSR count). The van der Waals surface area contributed by atoms with E-state index in [1.807, 2.05) is 23.3 Å². The van der Waals surface area contributed by atoms with Gasteiger partial charge in [0.2, 0.25) is 0 Å². The summed E-state index contributed by atoms with van der Waals surface area (Å²) >= 11 is 0. The first kappa shape index (κ1) is 19.8. The van der Waals surface area contributed by atoms with Gasteiger partial charge in [-0.3, -0.25) is 9.69 Å². The molecule has 1 aromatic heterocycles. The number of aromatic nitrogens is 2. The van der Waals surface area contributed by atoms with Crippen LogP contribution in [-0.2, 0) is 19.3 Å². The molecule has 0 saturated carbocycles. The van der Waals surface area contributed by atoms with Crippen LogP contribution in [0.5, 0.6) is 5.75 Å². The second kappa shape index (κ2) is 8.06. The first-order chi connectivity index (χ1) is 13.9. The molecule has 156 valence electrons. The molecule has 0 unspecified atom stereocenters. The second-order valence-corrected chi connectivity index (χ2v) is 7.46. The van der Waals surface area contributed by atoms with E-state index in [9.17, 15) is 18.0 Å². The first-order valence-corrected chi connectivity index (χ1v) is 9.79. The van der Waals surface area contributed by atoms with E-state index in [0.29, 0.717) is 12.4 Å². The summed E-state index contributed by atoms with van der Waals surface area (Å²) in [5.74, 6) is 0.688. The van der Waals surface area contributed by atoms with E-state index in [2.05, 4.69) is 10.00 Å². The molecule has 0 aliphatic carbocycles. The van der Waals surface area contributed by atoms with Gasteiger partial charge in [0.05, 0.1) is 11.9 Å². The molecule has 1 fully saturated rings. The molecule has 2 aromatic rings. The summed E-state index contributed by atoms with van der Waals surface area (Å²) in [6.07, 6.45) is 0.000816. The van der Waals surface area contributed by atoms with E-state index in [1.165, 1.54) is 24.2 Å². The molecule has 2 aliphatic rings. The number of hydrogen-bond donors (Lipinski definition) is 1. The third-order valence-corrected chi connectivity index (χ3v) is 5.51. The fourth-order valence-corrected chi connectivity index (χ4v) is 4.07. The predicted octanol–water partition coefficient (Wildman–Crippen LogP) is 3.17. The van der Waals surface area contributed by atoms with Crippen molar-refractivity contribution in [2.24, 2.45) is 0 Å². The van der Waals surface area contributed by atoms with Gasteiger partial charge in [-0.1, -0.05) is 18.6 Å². The van der Waals surface area contributed by atoms with Crippen molar-refractivity contribution >= 4 is 5.69 Å². The van der Waals surface area contributed by atoms with Gasteiger partial charge in [-0.15, -0.1) is 0 Å². The predicted molar refractivity (Wildman–Crippen MR) is 102 cm³/mol. The second-order valence-electron chi connectivity index (χ2n) is 7.46. The summed E-state index contributed by atoms with van der Waals surface area (Å²) < 4.78 is 46.2. The number of H-pyrrole nitrogens is 1. The summed E-state index contributed by atoms with van der Waals surface area (Å²) in [5, 5.41) is 5.45. The van der Waals surface area contributed by atoms with Crippen LogP contribution in [0, 0.1) is 0 Å². The standard InChI is InChI=1S/C20H23F3N4O2/c21-20(22,23)18-16(11-24-25-19(18)28)27-12-14-5-4-6-17(15(14)13-27)29-10-9-26-7-2-1-3-8-26/h4-6,11H,1-3,7-10,12-13H2,(H,25,28). The summed E-state index contributed by atoms with van der Waals surface area (Å²) in [6, 6.07) is 5.57. The minimum Gasteiger partial charge on any atom is -0.492 e. The molecule has 0 radical (unpaired) electrons. The lowest BCUT2D eigenvalue weighted by Gasteiger charge is -2.26. The molecule has 3 heterocycles. The number of alkyl halides is 3. The molecule has 1 N–H and O–H groups in total. The van der Waals surface area contributed by atoms with Crippen LogP contribution in [0.25, 0.3) is 0 Å². The van der Waals surface area contributed by atoms with Gasteiger partial charge in [0.1, 0.15) is 17.9 Å². The van der Waals surface area contributed by atoms with Gasteiger partial charge >= 0.3 is 6.18 Å².